The Morgan fingerprint density at radius 1 is 1.28 bits per heavy atom. The number of carbonyl (C=O) groups excluding carboxylic acids is 1. The molecule has 1 saturated heterocycles. The zero-order valence-corrected chi connectivity index (χ0v) is 21.5. The predicted octanol–water partition coefficient (Wildman–Crippen LogP) is 4.54. The molecule has 36 heavy (non-hydrogen) atoms. The number of benzene rings is 1. The Bertz CT molecular complexity index is 1120. The number of ether oxygens (including phenoxy) is 2. The van der Waals surface area contributed by atoms with Crippen molar-refractivity contribution in [3.05, 3.63) is 59.2 Å². The highest BCUT2D eigenvalue weighted by molar-refractivity contribution is 5.90. The van der Waals surface area contributed by atoms with Crippen LogP contribution in [0.5, 0.6) is 5.88 Å². The van der Waals surface area contributed by atoms with E-state index in [9.17, 15) is 13.6 Å². The highest BCUT2D eigenvalue weighted by Crippen LogP contribution is 2.30. The van der Waals surface area contributed by atoms with Crippen LogP contribution in [0.15, 0.2) is 36.4 Å². The summed E-state index contributed by atoms with van der Waals surface area (Å²) < 4.78 is 40.0. The molecule has 1 aromatic heterocycles. The lowest BCUT2D eigenvalue weighted by atomic mass is 9.94. The van der Waals surface area contributed by atoms with Gasteiger partial charge >= 0.3 is 6.03 Å². The number of allylic oxidation sites excluding steroid dienone is 4. The first kappa shape index (κ1) is 27.3. The maximum absolute atomic E-state index is 14.0. The third-order valence-corrected chi connectivity index (χ3v) is 6.15. The van der Waals surface area contributed by atoms with Crippen LogP contribution in [0.25, 0.3) is 5.70 Å². The molecule has 8 nitrogen and oxygen atoms in total. The Morgan fingerprint density at radius 2 is 2.06 bits per heavy atom. The van der Waals surface area contributed by atoms with Gasteiger partial charge in [-0.3, -0.25) is 10.2 Å². The number of rotatable bonds is 10. The molecule has 1 unspecified atom stereocenters. The second-order valence-corrected chi connectivity index (χ2v) is 8.69. The molecule has 1 aromatic carbocycles. The molecule has 0 spiro atoms. The molecule has 2 atom stereocenters. The third-order valence-electron chi connectivity index (χ3n) is 6.15. The van der Waals surface area contributed by atoms with Crippen molar-refractivity contribution in [2.24, 2.45) is 0 Å². The number of urea groups is 1. The summed E-state index contributed by atoms with van der Waals surface area (Å²) >= 11 is 0. The van der Waals surface area contributed by atoms with Crippen LogP contribution >= 0.6 is 0 Å². The molecule has 3 rings (SSSR count). The molecule has 0 aliphatic carbocycles. The van der Waals surface area contributed by atoms with Gasteiger partial charge in [0, 0.05) is 38.4 Å². The summed E-state index contributed by atoms with van der Waals surface area (Å²) in [6, 6.07) is 3.14. The minimum atomic E-state index is -0.905. The van der Waals surface area contributed by atoms with E-state index in [0.29, 0.717) is 55.7 Å². The van der Waals surface area contributed by atoms with E-state index in [1.165, 1.54) is 6.07 Å². The molecule has 10 heteroatoms. The number of hydrogen-bond acceptors (Lipinski definition) is 5. The van der Waals surface area contributed by atoms with Crippen molar-refractivity contribution in [1.29, 1.82) is 0 Å². The van der Waals surface area contributed by atoms with Crippen LogP contribution in [0.1, 0.15) is 37.8 Å². The molecular weight excluding hydrogens is 468 g/mol. The van der Waals surface area contributed by atoms with Crippen LogP contribution in [0.3, 0.4) is 0 Å². The van der Waals surface area contributed by atoms with Crippen molar-refractivity contribution in [2.75, 3.05) is 45.3 Å². The third kappa shape index (κ3) is 6.50. The molecule has 2 aromatic rings. The average Bonchev–Trinajstić information content (AvgIpc) is 3.39. The van der Waals surface area contributed by atoms with Gasteiger partial charge in [0.05, 0.1) is 24.8 Å². The SMILES string of the molecule is C/C=C\C=C(/C)n1nc(OCC)c(C)c1NC(=O)NC1CN(CCOC)C[C@H]1c1ccc(F)c(F)c1. The van der Waals surface area contributed by atoms with Gasteiger partial charge in [-0.05, 0) is 51.5 Å². The minimum absolute atomic E-state index is 0.218. The van der Waals surface area contributed by atoms with E-state index in [1.807, 2.05) is 45.9 Å². The Hall–Kier alpha value is -3.24. The number of amides is 2. The fraction of sp³-hybridized carbons (Fsp3) is 0.462. The first-order chi connectivity index (χ1) is 17.3. The standard InChI is InChI=1S/C26H35F2N5O3/c1-6-8-9-17(3)33-24(18(4)25(31-33)36-7-2)30-26(34)29-23-16-32(12-13-35-5)15-20(23)19-10-11-21(27)22(28)14-19/h6,8-11,14,20,23H,7,12-13,15-16H2,1-5H3,(H2,29,30,34)/b8-6-,17-9+/t20-,23?/m0/s1. The van der Waals surface area contributed by atoms with Crippen LogP contribution in [-0.2, 0) is 4.74 Å². The van der Waals surface area contributed by atoms with E-state index >= 15 is 0 Å². The number of methoxy groups -OCH3 is 1. The van der Waals surface area contributed by atoms with Crippen molar-refractivity contribution < 1.29 is 23.0 Å². The Kier molecular flexibility index (Phi) is 9.60. The Morgan fingerprint density at radius 3 is 2.72 bits per heavy atom. The van der Waals surface area contributed by atoms with E-state index in [2.05, 4.69) is 20.6 Å². The van der Waals surface area contributed by atoms with E-state index in [4.69, 9.17) is 9.47 Å². The smallest absolute Gasteiger partial charge is 0.320 e. The quantitative estimate of drug-likeness (QED) is 0.466. The summed E-state index contributed by atoms with van der Waals surface area (Å²) in [6.45, 7) is 10.3. The normalized spacial score (nSPS) is 18.7. The van der Waals surface area contributed by atoms with Gasteiger partial charge in [-0.25, -0.2) is 18.3 Å². The van der Waals surface area contributed by atoms with Crippen molar-refractivity contribution in [1.82, 2.24) is 20.0 Å². The number of anilines is 1. The van der Waals surface area contributed by atoms with Crippen LogP contribution in [0.2, 0.25) is 0 Å². The lowest BCUT2D eigenvalue weighted by molar-refractivity contribution is 0.159. The minimum Gasteiger partial charge on any atom is -0.477 e. The fourth-order valence-corrected chi connectivity index (χ4v) is 4.29. The van der Waals surface area contributed by atoms with E-state index < -0.39 is 17.7 Å². The molecule has 0 saturated carbocycles. The van der Waals surface area contributed by atoms with E-state index in [0.717, 1.165) is 11.8 Å². The maximum atomic E-state index is 14.0. The molecule has 2 amide bonds. The number of nitrogens with one attached hydrogen (secondary N) is 2. The zero-order chi connectivity index (χ0) is 26.2. The van der Waals surface area contributed by atoms with Crippen molar-refractivity contribution in [3.8, 4) is 5.88 Å². The lowest BCUT2D eigenvalue weighted by Crippen LogP contribution is -2.42. The molecule has 1 aliphatic heterocycles. The van der Waals surface area contributed by atoms with E-state index in [-0.39, 0.29) is 12.0 Å². The number of nitrogens with zero attached hydrogens (tertiary/aromatic N) is 3. The number of halogens is 2. The van der Waals surface area contributed by atoms with Gasteiger partial charge in [0.15, 0.2) is 11.6 Å². The summed E-state index contributed by atoms with van der Waals surface area (Å²) in [4.78, 5) is 15.3. The van der Waals surface area contributed by atoms with Gasteiger partial charge in [0.25, 0.3) is 0 Å². The molecule has 0 bridgehead atoms. The maximum Gasteiger partial charge on any atom is 0.320 e. The van der Waals surface area contributed by atoms with Crippen LogP contribution in [-0.4, -0.2) is 66.7 Å². The summed E-state index contributed by atoms with van der Waals surface area (Å²) in [5, 5.41) is 10.5. The summed E-state index contributed by atoms with van der Waals surface area (Å²) in [6.07, 6.45) is 5.67. The van der Waals surface area contributed by atoms with Gasteiger partial charge in [-0.2, -0.15) is 0 Å². The van der Waals surface area contributed by atoms with Crippen molar-refractivity contribution in [3.63, 3.8) is 0 Å². The molecule has 0 radical (unpaired) electrons. The first-order valence-electron chi connectivity index (χ1n) is 12.0. The molecule has 196 valence electrons. The zero-order valence-electron chi connectivity index (χ0n) is 21.5. The van der Waals surface area contributed by atoms with Crippen molar-refractivity contribution in [2.45, 2.75) is 39.7 Å². The largest absolute Gasteiger partial charge is 0.477 e. The average molecular weight is 504 g/mol. The molecular formula is C26H35F2N5O3. The van der Waals surface area contributed by atoms with Gasteiger partial charge in [-0.1, -0.05) is 18.2 Å². The van der Waals surface area contributed by atoms with Crippen LogP contribution in [0, 0.1) is 18.6 Å². The van der Waals surface area contributed by atoms with E-state index in [1.54, 1.807) is 17.9 Å². The number of hydrogen-bond donors (Lipinski definition) is 2. The number of carbonyl (C=O) groups is 1. The topological polar surface area (TPSA) is 80.6 Å². The van der Waals surface area contributed by atoms with Crippen LogP contribution in [0.4, 0.5) is 19.4 Å². The van der Waals surface area contributed by atoms with Crippen molar-refractivity contribution >= 4 is 17.5 Å². The summed E-state index contributed by atoms with van der Waals surface area (Å²) in [7, 11) is 1.63. The second-order valence-electron chi connectivity index (χ2n) is 8.69. The predicted molar refractivity (Wildman–Crippen MR) is 136 cm³/mol. The number of aromatic nitrogens is 2. The Balaban J connectivity index is 1.84. The molecule has 1 aliphatic rings. The Labute approximate surface area is 210 Å². The van der Waals surface area contributed by atoms with Gasteiger partial charge in [0.2, 0.25) is 5.88 Å². The van der Waals surface area contributed by atoms with Gasteiger partial charge in [-0.15, -0.1) is 5.10 Å². The highest BCUT2D eigenvalue weighted by Gasteiger charge is 2.35. The van der Waals surface area contributed by atoms with Crippen LogP contribution < -0.4 is 15.4 Å². The fourth-order valence-electron chi connectivity index (χ4n) is 4.29. The molecule has 2 N–H and O–H groups in total. The summed E-state index contributed by atoms with van der Waals surface area (Å²) in [5.41, 5.74) is 2.12. The molecule has 2 heterocycles. The number of likely N-dealkylation sites (tertiary alicyclic amines) is 1. The second kappa shape index (κ2) is 12.6. The lowest BCUT2D eigenvalue weighted by Gasteiger charge is -2.21. The highest BCUT2D eigenvalue weighted by atomic mass is 19.2. The monoisotopic (exact) mass is 503 g/mol. The van der Waals surface area contributed by atoms with Gasteiger partial charge in [0.1, 0.15) is 5.82 Å². The van der Waals surface area contributed by atoms with Gasteiger partial charge < -0.3 is 14.8 Å². The summed E-state index contributed by atoms with van der Waals surface area (Å²) in [5.74, 6) is -1.09. The molecule has 1 fully saturated rings. The first-order valence-corrected chi connectivity index (χ1v) is 12.0.